The first-order valence-corrected chi connectivity index (χ1v) is 13.0. The molecule has 8 nitrogen and oxygen atoms in total. The number of nitrogens with two attached hydrogens (primary N) is 1. The van der Waals surface area contributed by atoms with Crippen molar-refractivity contribution in [2.24, 2.45) is 5.73 Å². The first-order chi connectivity index (χ1) is 19.3. The third kappa shape index (κ3) is 5.98. The van der Waals surface area contributed by atoms with Gasteiger partial charge in [0.25, 0.3) is 5.91 Å². The first kappa shape index (κ1) is 26.9. The van der Waals surface area contributed by atoms with Crippen molar-refractivity contribution in [3.8, 4) is 28.2 Å². The Morgan fingerprint density at radius 2 is 1.68 bits per heavy atom. The molecule has 10 heteroatoms. The van der Waals surface area contributed by atoms with Crippen molar-refractivity contribution >= 4 is 35.0 Å². The number of primary amides is 1. The van der Waals surface area contributed by atoms with Gasteiger partial charge in [0.1, 0.15) is 6.04 Å². The lowest BCUT2D eigenvalue weighted by molar-refractivity contribution is -0.904. The summed E-state index contributed by atoms with van der Waals surface area (Å²) >= 11 is 12.4. The number of rotatable bonds is 8. The quantitative estimate of drug-likeness (QED) is 0.182. The number of hydrogen-bond acceptors (Lipinski definition) is 4. The third-order valence-electron chi connectivity index (χ3n) is 6.31. The lowest BCUT2D eigenvalue weighted by Gasteiger charge is -2.16. The van der Waals surface area contributed by atoms with E-state index in [1.165, 1.54) is 6.20 Å². The van der Waals surface area contributed by atoms with E-state index in [2.05, 4.69) is 5.32 Å². The second-order valence-corrected chi connectivity index (χ2v) is 9.91. The molecule has 1 atom stereocenters. The summed E-state index contributed by atoms with van der Waals surface area (Å²) in [4.78, 5) is 25.0. The molecule has 0 saturated heterocycles. The van der Waals surface area contributed by atoms with Gasteiger partial charge < -0.3 is 11.1 Å². The largest absolute Gasteiger partial charge is 0.368 e. The Labute approximate surface area is 240 Å². The summed E-state index contributed by atoms with van der Waals surface area (Å²) in [5.41, 5.74) is 10.3. The molecule has 0 aliphatic carbocycles. The van der Waals surface area contributed by atoms with E-state index in [1.54, 1.807) is 59.4 Å². The van der Waals surface area contributed by atoms with Crippen LogP contribution in [0.25, 0.3) is 28.2 Å². The normalized spacial score (nSPS) is 11.7. The molecule has 0 bridgehead atoms. The molecule has 2 aromatic heterocycles. The Hall–Kier alpha value is -4.66. The second kappa shape index (κ2) is 11.6. The highest BCUT2D eigenvalue weighted by atomic mass is 35.5. The van der Waals surface area contributed by atoms with Gasteiger partial charge in [-0.15, -0.1) is 0 Å². The van der Waals surface area contributed by atoms with Crippen LogP contribution < -0.4 is 15.8 Å². The van der Waals surface area contributed by atoms with Gasteiger partial charge in [-0.2, -0.15) is 5.10 Å². The average Bonchev–Trinajstić information content (AvgIpc) is 3.40. The van der Waals surface area contributed by atoms with Crippen LogP contribution in [0.1, 0.15) is 15.9 Å². The number of aromatic nitrogens is 3. The fourth-order valence-corrected chi connectivity index (χ4v) is 4.56. The molecule has 200 valence electrons. The number of amides is 2. The van der Waals surface area contributed by atoms with E-state index in [9.17, 15) is 14.8 Å². The highest BCUT2D eigenvalue weighted by Gasteiger charge is 2.20. The molecule has 2 heterocycles. The Bertz CT molecular complexity index is 1690. The van der Waals surface area contributed by atoms with Crippen molar-refractivity contribution in [2.45, 2.75) is 12.5 Å². The monoisotopic (exact) mass is 572 g/mol. The number of hydrogen-bond donors (Lipinski definition) is 3. The summed E-state index contributed by atoms with van der Waals surface area (Å²) in [6, 6.07) is 26.0. The molecule has 3 aromatic carbocycles. The molecule has 0 spiro atoms. The van der Waals surface area contributed by atoms with Crippen LogP contribution in [-0.2, 0) is 11.2 Å². The van der Waals surface area contributed by atoms with E-state index in [4.69, 9.17) is 34.0 Å². The smallest absolute Gasteiger partial charge is 0.251 e. The third-order valence-corrected chi connectivity index (χ3v) is 7.05. The number of benzene rings is 3. The number of halogens is 2. The highest BCUT2D eigenvalue weighted by Crippen LogP contribution is 2.31. The number of carbonyl (C=O) groups is 2. The Morgan fingerprint density at radius 1 is 0.925 bits per heavy atom. The molecular weight excluding hydrogens is 549 g/mol. The molecular formula is C30H24Cl2N5O3+. The first-order valence-electron chi connectivity index (χ1n) is 12.3. The van der Waals surface area contributed by atoms with Crippen LogP contribution in [0.15, 0.2) is 103 Å². The number of pyridine rings is 1. The van der Waals surface area contributed by atoms with Crippen molar-refractivity contribution < 1.29 is 19.5 Å². The zero-order valence-corrected chi connectivity index (χ0v) is 22.5. The molecule has 0 aliphatic rings. The van der Waals surface area contributed by atoms with E-state index in [0.29, 0.717) is 44.7 Å². The minimum absolute atomic E-state index is 0.291. The van der Waals surface area contributed by atoms with Gasteiger partial charge in [-0.3, -0.25) is 14.8 Å². The van der Waals surface area contributed by atoms with E-state index in [1.807, 2.05) is 42.5 Å². The molecule has 0 saturated carbocycles. The molecule has 4 N–H and O–H groups in total. The van der Waals surface area contributed by atoms with Gasteiger partial charge in [0.2, 0.25) is 18.3 Å². The minimum atomic E-state index is -0.853. The molecule has 0 fully saturated rings. The Kier molecular flexibility index (Phi) is 7.82. The van der Waals surface area contributed by atoms with Gasteiger partial charge in [-0.25, -0.2) is 4.68 Å². The Morgan fingerprint density at radius 3 is 2.35 bits per heavy atom. The van der Waals surface area contributed by atoms with Crippen LogP contribution >= 0.6 is 23.2 Å². The van der Waals surface area contributed by atoms with Crippen LogP contribution in [0, 0.1) is 0 Å². The summed E-state index contributed by atoms with van der Waals surface area (Å²) in [6.45, 7) is 0. The zero-order chi connectivity index (χ0) is 28.2. The average molecular weight is 573 g/mol. The maximum Gasteiger partial charge on any atom is 0.251 e. The zero-order valence-electron chi connectivity index (χ0n) is 21.0. The van der Waals surface area contributed by atoms with Crippen molar-refractivity contribution in [1.29, 1.82) is 0 Å². The molecule has 0 unspecified atom stereocenters. The van der Waals surface area contributed by atoms with Gasteiger partial charge in [-0.1, -0.05) is 65.7 Å². The van der Waals surface area contributed by atoms with Crippen LogP contribution in [0.3, 0.4) is 0 Å². The number of carbonyl (C=O) groups excluding carboxylic acids is 2. The summed E-state index contributed by atoms with van der Waals surface area (Å²) in [5, 5.41) is 18.2. The molecule has 5 rings (SSSR count). The fraction of sp³-hybridized carbons (Fsp3) is 0.0667. The second-order valence-electron chi connectivity index (χ2n) is 9.09. The van der Waals surface area contributed by atoms with E-state index >= 15 is 0 Å². The fourth-order valence-electron chi connectivity index (χ4n) is 4.26. The van der Waals surface area contributed by atoms with Gasteiger partial charge in [-0.05, 0) is 48.0 Å². The summed E-state index contributed by atoms with van der Waals surface area (Å²) in [5.74, 6) is -1.03. The standard InChI is InChI=1S/C30H23Cl2N5O3/c31-24-13-12-23(16-25(24)32)37-28(17-26(35-37)22-7-4-14-36(40)18-22)20-8-10-21(11-9-20)30(39)34-27(29(33)38)15-19-5-2-1-3-6-19/h1-14,16-18,27H,15H2,(H3-,33,34,38,39,40)/p+1/t27-/m1/s1. The van der Waals surface area contributed by atoms with Crippen LogP contribution in [0.5, 0.6) is 0 Å². The minimum Gasteiger partial charge on any atom is -0.368 e. The predicted octanol–water partition coefficient (Wildman–Crippen LogP) is 4.86. The van der Waals surface area contributed by atoms with Gasteiger partial charge in [0, 0.05) is 28.3 Å². The highest BCUT2D eigenvalue weighted by molar-refractivity contribution is 6.42. The SMILES string of the molecule is NC(=O)[C@@H](Cc1ccccc1)NC(=O)c1ccc(-c2cc(-c3ccc[n+](O)c3)nn2-c2ccc(Cl)c(Cl)c2)cc1. The van der Waals surface area contributed by atoms with Crippen LogP contribution in [-0.4, -0.2) is 32.8 Å². The van der Waals surface area contributed by atoms with Crippen LogP contribution in [0.2, 0.25) is 10.0 Å². The van der Waals surface area contributed by atoms with E-state index in [-0.39, 0.29) is 0 Å². The van der Waals surface area contributed by atoms with Crippen molar-refractivity contribution in [1.82, 2.24) is 15.1 Å². The lowest BCUT2D eigenvalue weighted by atomic mass is 10.0. The molecule has 2 amide bonds. The molecule has 5 aromatic rings. The van der Waals surface area contributed by atoms with Gasteiger partial charge in [0.05, 0.1) is 32.7 Å². The maximum absolute atomic E-state index is 13.0. The molecule has 0 aliphatic heterocycles. The van der Waals surface area contributed by atoms with Crippen molar-refractivity contribution in [3.63, 3.8) is 0 Å². The lowest BCUT2D eigenvalue weighted by Crippen LogP contribution is -2.45. The predicted molar refractivity (Wildman–Crippen MR) is 152 cm³/mol. The van der Waals surface area contributed by atoms with E-state index < -0.39 is 17.9 Å². The maximum atomic E-state index is 13.0. The van der Waals surface area contributed by atoms with Crippen molar-refractivity contribution in [2.75, 3.05) is 0 Å². The molecule has 0 radical (unpaired) electrons. The Balaban J connectivity index is 1.45. The summed E-state index contributed by atoms with van der Waals surface area (Å²) < 4.78 is 2.67. The van der Waals surface area contributed by atoms with Crippen LogP contribution in [0.4, 0.5) is 0 Å². The van der Waals surface area contributed by atoms with Crippen molar-refractivity contribution in [3.05, 3.63) is 125 Å². The van der Waals surface area contributed by atoms with E-state index in [0.717, 1.165) is 15.9 Å². The van der Waals surface area contributed by atoms with Gasteiger partial charge in [0.15, 0.2) is 0 Å². The summed E-state index contributed by atoms with van der Waals surface area (Å²) in [6.07, 6.45) is 3.34. The topological polar surface area (TPSA) is 114 Å². The number of nitrogens with one attached hydrogen (secondary N) is 1. The molecule has 40 heavy (non-hydrogen) atoms. The van der Waals surface area contributed by atoms with Gasteiger partial charge >= 0.3 is 0 Å². The number of nitrogens with zero attached hydrogens (tertiary/aromatic N) is 3. The summed E-state index contributed by atoms with van der Waals surface area (Å²) in [7, 11) is 0.